The zero-order chi connectivity index (χ0) is 12.8. The van der Waals surface area contributed by atoms with Gasteiger partial charge in [0.05, 0.1) is 6.61 Å². The monoisotopic (exact) mass is 294 g/mol. The summed E-state index contributed by atoms with van der Waals surface area (Å²) < 4.78 is 42.8. The third kappa shape index (κ3) is 2.95. The van der Waals surface area contributed by atoms with Crippen molar-refractivity contribution >= 4 is 12.4 Å². The van der Waals surface area contributed by atoms with Gasteiger partial charge in [-0.3, -0.25) is 4.98 Å². The first-order valence-electron chi connectivity index (χ1n) is 5.92. The molecular weight excluding hydrogens is 281 g/mol. The molecule has 3 rings (SSSR count). The standard InChI is InChI=1S/C12H13F3N2O.ClH/c13-12(14,15)11-3-7(1-2-17-11)18-6-10-8-4-16-5-9(8)10;/h1-3,8-10,16H,4-6H2;1H/t8-,9+,10+;. The number of alkyl halides is 3. The molecule has 1 N–H and O–H groups in total. The maximum Gasteiger partial charge on any atom is 0.433 e. The third-order valence-electron chi connectivity index (χ3n) is 3.73. The Labute approximate surface area is 115 Å². The van der Waals surface area contributed by atoms with Crippen molar-refractivity contribution in [3.05, 3.63) is 24.0 Å². The third-order valence-corrected chi connectivity index (χ3v) is 3.73. The number of piperidine rings is 1. The quantitative estimate of drug-likeness (QED) is 0.929. The zero-order valence-electron chi connectivity index (χ0n) is 9.98. The van der Waals surface area contributed by atoms with Crippen molar-refractivity contribution < 1.29 is 17.9 Å². The molecule has 1 aliphatic carbocycles. The molecule has 1 saturated heterocycles. The minimum absolute atomic E-state index is 0. The highest BCUT2D eigenvalue weighted by molar-refractivity contribution is 5.85. The predicted octanol–water partition coefficient (Wildman–Crippen LogP) is 2.37. The molecule has 3 atom stereocenters. The van der Waals surface area contributed by atoms with Crippen molar-refractivity contribution in [1.82, 2.24) is 10.3 Å². The molecule has 1 aromatic heterocycles. The number of hydrogen-bond donors (Lipinski definition) is 1. The van der Waals surface area contributed by atoms with Crippen LogP contribution in [-0.4, -0.2) is 24.7 Å². The Morgan fingerprint density at radius 1 is 1.32 bits per heavy atom. The van der Waals surface area contributed by atoms with Crippen molar-refractivity contribution in [2.45, 2.75) is 6.18 Å². The fourth-order valence-electron chi connectivity index (χ4n) is 2.64. The molecule has 1 aromatic rings. The van der Waals surface area contributed by atoms with Gasteiger partial charge in [-0.2, -0.15) is 13.2 Å². The summed E-state index contributed by atoms with van der Waals surface area (Å²) in [6, 6.07) is 2.42. The summed E-state index contributed by atoms with van der Waals surface area (Å²) in [6.07, 6.45) is -3.28. The molecule has 0 aromatic carbocycles. The van der Waals surface area contributed by atoms with Crippen LogP contribution in [-0.2, 0) is 6.18 Å². The lowest BCUT2D eigenvalue weighted by molar-refractivity contribution is -0.141. The lowest BCUT2D eigenvalue weighted by Gasteiger charge is -2.10. The Balaban J connectivity index is 0.00000133. The van der Waals surface area contributed by atoms with E-state index in [9.17, 15) is 13.2 Å². The van der Waals surface area contributed by atoms with Crippen LogP contribution in [0.4, 0.5) is 13.2 Å². The number of fused-ring (bicyclic) bond motifs is 1. The van der Waals surface area contributed by atoms with E-state index >= 15 is 0 Å². The van der Waals surface area contributed by atoms with Gasteiger partial charge in [0, 0.05) is 18.2 Å². The zero-order valence-corrected chi connectivity index (χ0v) is 10.8. The van der Waals surface area contributed by atoms with Gasteiger partial charge in [-0.25, -0.2) is 0 Å². The number of nitrogens with one attached hydrogen (secondary N) is 1. The van der Waals surface area contributed by atoms with Gasteiger partial charge in [-0.15, -0.1) is 12.4 Å². The summed E-state index contributed by atoms with van der Waals surface area (Å²) in [7, 11) is 0. The predicted molar refractivity (Wildman–Crippen MR) is 65.3 cm³/mol. The van der Waals surface area contributed by atoms with E-state index in [4.69, 9.17) is 4.74 Å². The van der Waals surface area contributed by atoms with Gasteiger partial charge in [0.15, 0.2) is 0 Å². The summed E-state index contributed by atoms with van der Waals surface area (Å²) in [5.74, 6) is 2.03. The van der Waals surface area contributed by atoms with Crippen molar-refractivity contribution in [1.29, 1.82) is 0 Å². The van der Waals surface area contributed by atoms with Gasteiger partial charge in [0.2, 0.25) is 0 Å². The summed E-state index contributed by atoms with van der Waals surface area (Å²) in [4.78, 5) is 3.30. The highest BCUT2D eigenvalue weighted by Gasteiger charge is 2.53. The Morgan fingerprint density at radius 3 is 2.63 bits per heavy atom. The average molecular weight is 295 g/mol. The second-order valence-corrected chi connectivity index (χ2v) is 4.84. The number of rotatable bonds is 3. The smallest absolute Gasteiger partial charge is 0.433 e. The van der Waals surface area contributed by atoms with E-state index < -0.39 is 11.9 Å². The van der Waals surface area contributed by atoms with Gasteiger partial charge in [-0.05, 0) is 31.0 Å². The van der Waals surface area contributed by atoms with Crippen LogP contribution in [0.25, 0.3) is 0 Å². The van der Waals surface area contributed by atoms with E-state index in [-0.39, 0.29) is 18.2 Å². The van der Waals surface area contributed by atoms with Crippen LogP contribution in [0.3, 0.4) is 0 Å². The van der Waals surface area contributed by atoms with Gasteiger partial charge in [0.25, 0.3) is 0 Å². The maximum absolute atomic E-state index is 12.4. The highest BCUT2D eigenvalue weighted by Crippen LogP contribution is 2.48. The Hall–Kier alpha value is -1.01. The van der Waals surface area contributed by atoms with Gasteiger partial charge >= 0.3 is 6.18 Å². The van der Waals surface area contributed by atoms with E-state index in [1.165, 1.54) is 6.07 Å². The summed E-state index contributed by atoms with van der Waals surface area (Å²) in [6.45, 7) is 2.50. The molecular formula is C12H14ClF3N2O. The second kappa shape index (κ2) is 5.17. The molecule has 2 fully saturated rings. The van der Waals surface area contributed by atoms with Crippen LogP contribution in [0.2, 0.25) is 0 Å². The summed E-state index contributed by atoms with van der Waals surface area (Å²) in [5, 5.41) is 3.26. The first-order chi connectivity index (χ1) is 8.55. The lowest BCUT2D eigenvalue weighted by atomic mass is 10.3. The molecule has 2 aliphatic rings. The fourth-order valence-corrected chi connectivity index (χ4v) is 2.64. The molecule has 2 heterocycles. The van der Waals surface area contributed by atoms with E-state index in [0.29, 0.717) is 24.4 Å². The lowest BCUT2D eigenvalue weighted by Crippen LogP contribution is -2.17. The molecule has 0 radical (unpaired) electrons. The minimum Gasteiger partial charge on any atom is -0.493 e. The molecule has 0 bridgehead atoms. The molecule has 106 valence electrons. The van der Waals surface area contributed by atoms with E-state index in [1.807, 2.05) is 0 Å². The van der Waals surface area contributed by atoms with Crippen LogP contribution in [0.15, 0.2) is 18.3 Å². The Morgan fingerprint density at radius 2 is 2.00 bits per heavy atom. The summed E-state index contributed by atoms with van der Waals surface area (Å²) >= 11 is 0. The highest BCUT2D eigenvalue weighted by atomic mass is 35.5. The Kier molecular flexibility index (Phi) is 3.92. The maximum atomic E-state index is 12.4. The molecule has 1 saturated carbocycles. The average Bonchev–Trinajstić information content (AvgIpc) is 2.77. The molecule has 1 aliphatic heterocycles. The van der Waals surface area contributed by atoms with Gasteiger partial charge < -0.3 is 10.1 Å². The number of aromatic nitrogens is 1. The minimum atomic E-state index is -4.42. The topological polar surface area (TPSA) is 34.1 Å². The van der Waals surface area contributed by atoms with Gasteiger partial charge in [0.1, 0.15) is 11.4 Å². The number of pyridine rings is 1. The van der Waals surface area contributed by atoms with E-state index in [1.54, 1.807) is 0 Å². The number of halogens is 4. The fraction of sp³-hybridized carbons (Fsp3) is 0.583. The Bertz CT molecular complexity index is 445. The van der Waals surface area contributed by atoms with Crippen molar-refractivity contribution in [2.24, 2.45) is 17.8 Å². The van der Waals surface area contributed by atoms with Crippen LogP contribution in [0.1, 0.15) is 5.69 Å². The molecule has 0 amide bonds. The van der Waals surface area contributed by atoms with Gasteiger partial charge in [-0.1, -0.05) is 0 Å². The molecule has 7 heteroatoms. The largest absolute Gasteiger partial charge is 0.493 e. The van der Waals surface area contributed by atoms with Crippen LogP contribution >= 0.6 is 12.4 Å². The normalized spacial score (nSPS) is 28.5. The first-order valence-corrected chi connectivity index (χ1v) is 5.92. The number of nitrogens with zero attached hydrogens (tertiary/aromatic N) is 1. The summed E-state index contributed by atoms with van der Waals surface area (Å²) in [5.41, 5.74) is -0.905. The van der Waals surface area contributed by atoms with Crippen LogP contribution in [0.5, 0.6) is 5.75 Å². The molecule has 19 heavy (non-hydrogen) atoms. The first kappa shape index (κ1) is 14.4. The molecule has 0 spiro atoms. The van der Waals surface area contributed by atoms with Crippen LogP contribution in [0, 0.1) is 17.8 Å². The second-order valence-electron chi connectivity index (χ2n) is 4.84. The van der Waals surface area contributed by atoms with E-state index in [2.05, 4.69) is 10.3 Å². The van der Waals surface area contributed by atoms with Crippen molar-refractivity contribution in [3.63, 3.8) is 0 Å². The SMILES string of the molecule is Cl.FC(F)(F)c1cc(OC[C@H]2[C@@H]3CNC[C@@H]32)ccn1. The van der Waals surface area contributed by atoms with Crippen molar-refractivity contribution in [2.75, 3.05) is 19.7 Å². The number of ether oxygens (including phenoxy) is 1. The molecule has 3 nitrogen and oxygen atoms in total. The number of hydrogen-bond acceptors (Lipinski definition) is 3. The van der Waals surface area contributed by atoms with Crippen LogP contribution < -0.4 is 10.1 Å². The van der Waals surface area contributed by atoms with E-state index in [0.717, 1.165) is 25.4 Å². The molecule has 0 unspecified atom stereocenters. The van der Waals surface area contributed by atoms with Crippen molar-refractivity contribution in [3.8, 4) is 5.75 Å².